The molecule has 2 unspecified atom stereocenters. The van der Waals surface area contributed by atoms with Gasteiger partial charge in [0.05, 0.1) is 12.7 Å². The average molecular weight is 226 g/mol. The molecule has 1 N–H and O–H groups in total. The molecule has 94 valence electrons. The monoisotopic (exact) mass is 226 g/mol. The normalized spacial score (nSPS) is 32.8. The van der Waals surface area contributed by atoms with E-state index in [0.29, 0.717) is 12.1 Å². The Morgan fingerprint density at radius 3 is 2.81 bits per heavy atom. The van der Waals surface area contributed by atoms with Crippen LogP contribution in [0.5, 0.6) is 0 Å². The summed E-state index contributed by atoms with van der Waals surface area (Å²) in [5, 5.41) is 3.46. The summed E-state index contributed by atoms with van der Waals surface area (Å²) in [6, 6.07) is 0.633. The van der Waals surface area contributed by atoms with Crippen molar-refractivity contribution in [1.82, 2.24) is 10.2 Å². The van der Waals surface area contributed by atoms with Crippen LogP contribution in [0.25, 0.3) is 0 Å². The molecule has 2 aliphatic rings. The minimum absolute atomic E-state index is 0.501. The van der Waals surface area contributed by atoms with Gasteiger partial charge in [-0.25, -0.2) is 0 Å². The predicted molar refractivity (Wildman–Crippen MR) is 66.7 cm³/mol. The fourth-order valence-corrected chi connectivity index (χ4v) is 2.77. The highest BCUT2D eigenvalue weighted by molar-refractivity contribution is 4.75. The number of hydrogen-bond acceptors (Lipinski definition) is 3. The van der Waals surface area contributed by atoms with Crippen molar-refractivity contribution in [3.05, 3.63) is 0 Å². The molecule has 0 amide bonds. The molecular weight excluding hydrogens is 200 g/mol. The van der Waals surface area contributed by atoms with Gasteiger partial charge in [-0.2, -0.15) is 0 Å². The van der Waals surface area contributed by atoms with Crippen molar-refractivity contribution < 1.29 is 4.74 Å². The van der Waals surface area contributed by atoms with Crippen LogP contribution < -0.4 is 5.32 Å². The van der Waals surface area contributed by atoms with Gasteiger partial charge in [0.2, 0.25) is 0 Å². The molecule has 0 radical (unpaired) electrons. The van der Waals surface area contributed by atoms with E-state index < -0.39 is 0 Å². The Bertz CT molecular complexity index is 192. The molecule has 0 saturated carbocycles. The van der Waals surface area contributed by atoms with Crippen LogP contribution in [0.2, 0.25) is 0 Å². The molecule has 2 heterocycles. The van der Waals surface area contributed by atoms with Crippen LogP contribution in [-0.2, 0) is 4.74 Å². The van der Waals surface area contributed by atoms with Gasteiger partial charge in [-0.05, 0) is 52.2 Å². The molecule has 0 aromatic carbocycles. The molecule has 2 aliphatic heterocycles. The summed E-state index contributed by atoms with van der Waals surface area (Å²) >= 11 is 0. The molecule has 0 aromatic heterocycles. The van der Waals surface area contributed by atoms with Gasteiger partial charge in [-0.15, -0.1) is 0 Å². The summed E-state index contributed by atoms with van der Waals surface area (Å²) in [5.41, 5.74) is 0. The summed E-state index contributed by atoms with van der Waals surface area (Å²) in [7, 11) is 0. The van der Waals surface area contributed by atoms with Crippen LogP contribution in [-0.4, -0.2) is 49.8 Å². The third kappa shape index (κ3) is 4.04. The maximum absolute atomic E-state index is 5.97. The number of nitrogens with one attached hydrogen (secondary N) is 1. The largest absolute Gasteiger partial charge is 0.377 e. The van der Waals surface area contributed by atoms with Crippen LogP contribution in [0.4, 0.5) is 0 Å². The predicted octanol–water partition coefficient (Wildman–Crippen LogP) is 1.63. The standard InChI is InChI=1S/C13H26N2O/c1-12-11-13(5-6-14-12)16-10-9-15-7-3-2-4-8-15/h12-14H,2-11H2,1H3. The Balaban J connectivity index is 1.56. The van der Waals surface area contributed by atoms with Crippen LogP contribution >= 0.6 is 0 Å². The summed E-state index contributed by atoms with van der Waals surface area (Å²) < 4.78 is 5.97. The molecule has 0 spiro atoms. The summed E-state index contributed by atoms with van der Waals surface area (Å²) in [6.45, 7) is 8.00. The van der Waals surface area contributed by atoms with Gasteiger partial charge < -0.3 is 15.0 Å². The number of piperidine rings is 2. The van der Waals surface area contributed by atoms with Crippen molar-refractivity contribution in [1.29, 1.82) is 0 Å². The Kier molecular flexibility index (Phi) is 5.07. The number of nitrogens with zero attached hydrogens (tertiary/aromatic N) is 1. The summed E-state index contributed by atoms with van der Waals surface area (Å²) in [6.07, 6.45) is 7.04. The van der Waals surface area contributed by atoms with E-state index in [1.165, 1.54) is 45.2 Å². The van der Waals surface area contributed by atoms with Crippen LogP contribution in [0.15, 0.2) is 0 Å². The van der Waals surface area contributed by atoms with E-state index in [1.807, 2.05) is 0 Å². The van der Waals surface area contributed by atoms with E-state index in [2.05, 4.69) is 17.1 Å². The van der Waals surface area contributed by atoms with Gasteiger partial charge in [0.15, 0.2) is 0 Å². The molecule has 3 nitrogen and oxygen atoms in total. The van der Waals surface area contributed by atoms with Crippen molar-refractivity contribution in [3.8, 4) is 0 Å². The zero-order valence-corrected chi connectivity index (χ0v) is 10.6. The highest BCUT2D eigenvalue weighted by atomic mass is 16.5. The van der Waals surface area contributed by atoms with Gasteiger partial charge in [0.1, 0.15) is 0 Å². The Morgan fingerprint density at radius 1 is 1.25 bits per heavy atom. The van der Waals surface area contributed by atoms with E-state index in [1.54, 1.807) is 0 Å². The topological polar surface area (TPSA) is 24.5 Å². The van der Waals surface area contributed by atoms with Gasteiger partial charge in [0, 0.05) is 12.6 Å². The van der Waals surface area contributed by atoms with Crippen molar-refractivity contribution in [3.63, 3.8) is 0 Å². The van der Waals surface area contributed by atoms with Gasteiger partial charge >= 0.3 is 0 Å². The molecule has 0 bridgehead atoms. The second-order valence-corrected chi connectivity index (χ2v) is 5.27. The lowest BCUT2D eigenvalue weighted by atomic mass is 10.0. The van der Waals surface area contributed by atoms with Crippen LogP contribution in [0.1, 0.15) is 39.0 Å². The zero-order chi connectivity index (χ0) is 11.2. The first-order valence-electron chi connectivity index (χ1n) is 6.92. The first kappa shape index (κ1) is 12.3. The molecule has 16 heavy (non-hydrogen) atoms. The highest BCUT2D eigenvalue weighted by Crippen LogP contribution is 2.13. The van der Waals surface area contributed by atoms with Crippen molar-refractivity contribution in [2.75, 3.05) is 32.8 Å². The molecule has 2 rings (SSSR count). The summed E-state index contributed by atoms with van der Waals surface area (Å²) in [4.78, 5) is 2.55. The first-order valence-corrected chi connectivity index (χ1v) is 6.92. The fraction of sp³-hybridized carbons (Fsp3) is 1.00. The number of ether oxygens (including phenoxy) is 1. The third-order valence-electron chi connectivity index (χ3n) is 3.79. The quantitative estimate of drug-likeness (QED) is 0.788. The molecular formula is C13H26N2O. The molecule has 3 heteroatoms. The molecule has 2 atom stereocenters. The van der Waals surface area contributed by atoms with E-state index in [0.717, 1.165) is 19.7 Å². The zero-order valence-electron chi connectivity index (χ0n) is 10.6. The lowest BCUT2D eigenvalue weighted by molar-refractivity contribution is 0.0103. The van der Waals surface area contributed by atoms with Gasteiger partial charge in [-0.1, -0.05) is 6.42 Å². The SMILES string of the molecule is CC1CC(OCCN2CCCCC2)CCN1. The van der Waals surface area contributed by atoms with Crippen molar-refractivity contribution in [2.45, 2.75) is 51.2 Å². The molecule has 2 fully saturated rings. The second kappa shape index (κ2) is 6.58. The molecule has 0 aliphatic carbocycles. The van der Waals surface area contributed by atoms with Gasteiger partial charge in [0.25, 0.3) is 0 Å². The van der Waals surface area contributed by atoms with E-state index in [4.69, 9.17) is 4.74 Å². The van der Waals surface area contributed by atoms with Crippen LogP contribution in [0.3, 0.4) is 0 Å². The minimum atomic E-state index is 0.501. The lowest BCUT2D eigenvalue weighted by Crippen LogP contribution is -2.40. The third-order valence-corrected chi connectivity index (χ3v) is 3.79. The fourth-order valence-electron chi connectivity index (χ4n) is 2.77. The average Bonchev–Trinajstić information content (AvgIpc) is 2.30. The number of likely N-dealkylation sites (tertiary alicyclic amines) is 1. The minimum Gasteiger partial charge on any atom is -0.377 e. The van der Waals surface area contributed by atoms with E-state index >= 15 is 0 Å². The number of hydrogen-bond donors (Lipinski definition) is 1. The van der Waals surface area contributed by atoms with Crippen LogP contribution in [0, 0.1) is 0 Å². The summed E-state index contributed by atoms with van der Waals surface area (Å²) in [5.74, 6) is 0. The lowest BCUT2D eigenvalue weighted by Gasteiger charge is -2.30. The molecule has 2 saturated heterocycles. The number of rotatable bonds is 4. The van der Waals surface area contributed by atoms with Gasteiger partial charge in [-0.3, -0.25) is 0 Å². The molecule has 0 aromatic rings. The van der Waals surface area contributed by atoms with E-state index in [9.17, 15) is 0 Å². The Labute approximate surface area is 99.5 Å². The smallest absolute Gasteiger partial charge is 0.0602 e. The van der Waals surface area contributed by atoms with Crippen molar-refractivity contribution >= 4 is 0 Å². The van der Waals surface area contributed by atoms with E-state index in [-0.39, 0.29) is 0 Å². The first-order chi connectivity index (χ1) is 7.84. The Morgan fingerprint density at radius 2 is 2.06 bits per heavy atom. The second-order valence-electron chi connectivity index (χ2n) is 5.27. The van der Waals surface area contributed by atoms with Crippen molar-refractivity contribution in [2.24, 2.45) is 0 Å². The maximum Gasteiger partial charge on any atom is 0.0602 e. The Hall–Kier alpha value is -0.120. The highest BCUT2D eigenvalue weighted by Gasteiger charge is 2.19. The maximum atomic E-state index is 5.97.